The fourth-order valence-corrected chi connectivity index (χ4v) is 2.22. The lowest BCUT2D eigenvalue weighted by Crippen LogP contribution is -2.32. The highest BCUT2D eigenvalue weighted by Crippen LogP contribution is 2.18. The van der Waals surface area contributed by atoms with Gasteiger partial charge < -0.3 is 9.80 Å². The smallest absolute Gasteiger partial charge is 0.326 e. The summed E-state index contributed by atoms with van der Waals surface area (Å²) >= 11 is 1.54. The van der Waals surface area contributed by atoms with E-state index in [0.717, 1.165) is 19.5 Å². The predicted molar refractivity (Wildman–Crippen MR) is 55.7 cm³/mol. The second-order valence-corrected chi connectivity index (χ2v) is 4.70. The van der Waals surface area contributed by atoms with Crippen LogP contribution in [0.2, 0.25) is 0 Å². The van der Waals surface area contributed by atoms with Gasteiger partial charge in [0.1, 0.15) is 0 Å². The molecule has 1 unspecified atom stereocenters. The zero-order chi connectivity index (χ0) is 9.84. The van der Waals surface area contributed by atoms with Gasteiger partial charge >= 0.3 is 6.03 Å². The molecule has 1 atom stereocenters. The largest absolute Gasteiger partial charge is 0.330 e. The number of likely N-dealkylation sites (tertiary alicyclic amines) is 1. The molecule has 1 saturated heterocycles. The van der Waals surface area contributed by atoms with Crippen molar-refractivity contribution in [3.05, 3.63) is 0 Å². The molecule has 0 aromatic carbocycles. The fraction of sp³-hybridized carbons (Fsp3) is 0.875. The van der Waals surface area contributed by atoms with Gasteiger partial charge in [-0.05, 0) is 32.0 Å². The highest BCUT2D eigenvalue weighted by Gasteiger charge is 2.20. The zero-order valence-corrected chi connectivity index (χ0v) is 9.23. The molecule has 1 fully saturated rings. The van der Waals surface area contributed by atoms with Crippen LogP contribution in [0.5, 0.6) is 0 Å². The Bertz CT molecular complexity index is 186. The summed E-state index contributed by atoms with van der Waals surface area (Å²) in [6.45, 7) is 2.20. The summed E-state index contributed by atoms with van der Waals surface area (Å²) in [4.78, 5) is 15.0. The maximum atomic E-state index is 11.2. The van der Waals surface area contributed by atoms with Crippen molar-refractivity contribution >= 4 is 18.0 Å². The second kappa shape index (κ2) is 4.72. The Morgan fingerprint density at radius 3 is 2.77 bits per heavy atom. The van der Waals surface area contributed by atoms with Crippen LogP contribution < -0.4 is 4.72 Å². The molecule has 13 heavy (non-hydrogen) atoms. The minimum atomic E-state index is -0.0282. The Hall–Kier alpha value is -0.420. The lowest BCUT2D eigenvalue weighted by molar-refractivity contribution is 0.224. The van der Waals surface area contributed by atoms with Crippen molar-refractivity contribution in [3.63, 3.8) is 0 Å². The summed E-state index contributed by atoms with van der Waals surface area (Å²) in [6, 6.07) is -0.0282. The molecule has 0 aliphatic carbocycles. The zero-order valence-electron chi connectivity index (χ0n) is 8.41. The average molecular weight is 203 g/mol. The Kier molecular flexibility index (Phi) is 3.87. The van der Waals surface area contributed by atoms with Crippen molar-refractivity contribution in [1.29, 1.82) is 0 Å². The van der Waals surface area contributed by atoms with Gasteiger partial charge in [-0.2, -0.15) is 0 Å². The molecular formula is C8H17N3OS. The van der Waals surface area contributed by atoms with Gasteiger partial charge in [-0.15, -0.1) is 0 Å². The summed E-state index contributed by atoms with van der Waals surface area (Å²) in [5.41, 5.74) is 0. The van der Waals surface area contributed by atoms with E-state index < -0.39 is 0 Å². The Morgan fingerprint density at radius 2 is 2.31 bits per heavy atom. The topological polar surface area (TPSA) is 35.6 Å². The molecule has 2 amide bonds. The van der Waals surface area contributed by atoms with Crippen molar-refractivity contribution in [3.8, 4) is 0 Å². The molecule has 0 aromatic heterocycles. The van der Waals surface area contributed by atoms with E-state index >= 15 is 0 Å². The molecule has 1 aliphatic rings. The summed E-state index contributed by atoms with van der Waals surface area (Å²) in [5.74, 6) is 0. The lowest BCUT2D eigenvalue weighted by atomic mass is 10.4. The van der Waals surface area contributed by atoms with Crippen LogP contribution in [0.1, 0.15) is 6.42 Å². The molecule has 0 radical (unpaired) electrons. The molecule has 5 heteroatoms. The number of nitrogens with one attached hydrogen (secondary N) is 1. The first-order valence-electron chi connectivity index (χ1n) is 4.41. The van der Waals surface area contributed by atoms with Crippen molar-refractivity contribution in [1.82, 2.24) is 14.5 Å². The molecule has 1 rings (SSSR count). The predicted octanol–water partition coefficient (Wildman–Crippen LogP) is 0.610. The number of rotatable bonds is 2. The SMILES string of the molecule is CN1CCC(SNC(=O)N(C)C)C1. The number of hydrogen-bond acceptors (Lipinski definition) is 3. The van der Waals surface area contributed by atoms with E-state index in [1.165, 1.54) is 0 Å². The van der Waals surface area contributed by atoms with Crippen LogP contribution >= 0.6 is 11.9 Å². The van der Waals surface area contributed by atoms with E-state index in [2.05, 4.69) is 16.7 Å². The van der Waals surface area contributed by atoms with E-state index in [0.29, 0.717) is 5.25 Å². The minimum absolute atomic E-state index is 0.0282. The van der Waals surface area contributed by atoms with Crippen LogP contribution in [-0.4, -0.2) is 55.3 Å². The third-order valence-corrected chi connectivity index (χ3v) is 3.08. The lowest BCUT2D eigenvalue weighted by Gasteiger charge is -2.14. The molecular weight excluding hydrogens is 186 g/mol. The number of nitrogens with zero attached hydrogens (tertiary/aromatic N) is 2. The Morgan fingerprint density at radius 1 is 1.62 bits per heavy atom. The van der Waals surface area contributed by atoms with E-state index in [1.54, 1.807) is 30.9 Å². The molecule has 1 heterocycles. The van der Waals surface area contributed by atoms with Crippen molar-refractivity contribution < 1.29 is 4.79 Å². The average Bonchev–Trinajstić information content (AvgIpc) is 2.47. The molecule has 0 saturated carbocycles. The van der Waals surface area contributed by atoms with Gasteiger partial charge in [0, 0.05) is 25.9 Å². The first kappa shape index (κ1) is 10.7. The van der Waals surface area contributed by atoms with Gasteiger partial charge in [-0.25, -0.2) is 4.79 Å². The fourth-order valence-electron chi connectivity index (χ4n) is 1.22. The van der Waals surface area contributed by atoms with Gasteiger partial charge in [-0.3, -0.25) is 4.72 Å². The summed E-state index contributed by atoms with van der Waals surface area (Å²) in [6.07, 6.45) is 1.16. The molecule has 4 nitrogen and oxygen atoms in total. The molecule has 0 spiro atoms. The van der Waals surface area contributed by atoms with Crippen LogP contribution in [0.4, 0.5) is 4.79 Å². The molecule has 1 N–H and O–H groups in total. The normalized spacial score (nSPS) is 23.2. The van der Waals surface area contributed by atoms with Gasteiger partial charge in [0.05, 0.1) is 0 Å². The first-order valence-corrected chi connectivity index (χ1v) is 5.29. The number of carbonyl (C=O) groups excluding carboxylic acids is 1. The molecule has 76 valence electrons. The first-order chi connectivity index (χ1) is 6.09. The number of hydrogen-bond donors (Lipinski definition) is 1. The van der Waals surface area contributed by atoms with Crippen LogP contribution in [0.3, 0.4) is 0 Å². The van der Waals surface area contributed by atoms with Crippen molar-refractivity contribution in [2.75, 3.05) is 34.2 Å². The third-order valence-electron chi connectivity index (χ3n) is 2.07. The van der Waals surface area contributed by atoms with E-state index in [4.69, 9.17) is 0 Å². The highest BCUT2D eigenvalue weighted by atomic mass is 32.2. The maximum absolute atomic E-state index is 11.2. The van der Waals surface area contributed by atoms with E-state index in [1.807, 2.05) is 0 Å². The number of amides is 2. The van der Waals surface area contributed by atoms with Gasteiger partial charge in [0.15, 0.2) is 0 Å². The molecule has 1 aliphatic heterocycles. The highest BCUT2D eigenvalue weighted by molar-refractivity contribution is 7.98. The van der Waals surface area contributed by atoms with Gasteiger partial charge in [0.2, 0.25) is 0 Å². The number of carbonyl (C=O) groups is 1. The van der Waals surface area contributed by atoms with E-state index in [9.17, 15) is 4.79 Å². The van der Waals surface area contributed by atoms with Gasteiger partial charge in [-0.1, -0.05) is 0 Å². The summed E-state index contributed by atoms with van der Waals surface area (Å²) < 4.78 is 2.82. The second-order valence-electron chi connectivity index (χ2n) is 3.59. The Labute approximate surface area is 83.8 Å². The summed E-state index contributed by atoms with van der Waals surface area (Å²) in [7, 11) is 5.60. The Balaban J connectivity index is 2.16. The minimum Gasteiger partial charge on any atom is -0.330 e. The quantitative estimate of drug-likeness (QED) is 0.668. The van der Waals surface area contributed by atoms with Crippen LogP contribution in [-0.2, 0) is 0 Å². The van der Waals surface area contributed by atoms with Gasteiger partial charge in [0.25, 0.3) is 0 Å². The molecule has 0 aromatic rings. The number of urea groups is 1. The maximum Gasteiger partial charge on any atom is 0.326 e. The van der Waals surface area contributed by atoms with Crippen molar-refractivity contribution in [2.45, 2.75) is 11.7 Å². The van der Waals surface area contributed by atoms with Crippen molar-refractivity contribution in [2.24, 2.45) is 0 Å². The van der Waals surface area contributed by atoms with Crippen LogP contribution in [0, 0.1) is 0 Å². The standard InChI is InChI=1S/C8H17N3OS/c1-10(2)8(12)9-13-7-4-5-11(3)6-7/h7H,4-6H2,1-3H3,(H,9,12). The van der Waals surface area contributed by atoms with E-state index in [-0.39, 0.29) is 6.03 Å². The monoisotopic (exact) mass is 203 g/mol. The third kappa shape index (κ3) is 3.44. The van der Waals surface area contributed by atoms with Crippen LogP contribution in [0.25, 0.3) is 0 Å². The summed E-state index contributed by atoms with van der Waals surface area (Å²) in [5, 5.41) is 0.550. The van der Waals surface area contributed by atoms with Crippen LogP contribution in [0.15, 0.2) is 0 Å². The molecule has 0 bridgehead atoms.